The highest BCUT2D eigenvalue weighted by Crippen LogP contribution is 1.99. The fraction of sp³-hybridized carbons (Fsp3) is 0.182. The monoisotopic (exact) mass is 298 g/mol. The van der Waals surface area contributed by atoms with E-state index in [2.05, 4.69) is 8.80 Å². The van der Waals surface area contributed by atoms with Crippen molar-refractivity contribution in [3.05, 3.63) is 35.9 Å². The predicted octanol–water partition coefficient (Wildman–Crippen LogP) is 0.766. The third-order valence-electron chi connectivity index (χ3n) is 1.59. The van der Waals surface area contributed by atoms with Crippen LogP contribution in [0.3, 0.4) is 0 Å². The summed E-state index contributed by atoms with van der Waals surface area (Å²) in [6, 6.07) is 8.96. The summed E-state index contributed by atoms with van der Waals surface area (Å²) >= 11 is 0. The van der Waals surface area contributed by atoms with Gasteiger partial charge in [0.2, 0.25) is 0 Å². The molecule has 0 saturated heterocycles. The zero-order valence-corrected chi connectivity index (χ0v) is 11.2. The topological polar surface area (TPSA) is 119 Å². The molecule has 106 valence electrons. The van der Waals surface area contributed by atoms with Crippen LogP contribution in [0.4, 0.5) is 0 Å². The molecule has 0 saturated carbocycles. The maximum atomic E-state index is 11.0. The molecule has 0 spiro atoms. The number of hydrogen-bond acceptors (Lipinski definition) is 6. The Morgan fingerprint density at radius 3 is 2.05 bits per heavy atom. The molecule has 8 nitrogen and oxygen atoms in total. The van der Waals surface area contributed by atoms with E-state index >= 15 is 0 Å². The lowest BCUT2D eigenvalue weighted by atomic mass is 10.2. The molecule has 1 rings (SSSR count). The summed E-state index contributed by atoms with van der Waals surface area (Å²) in [6.07, 6.45) is 1.41. The average molecular weight is 298 g/mol. The standard InChI is InChI=1S/C9H10O2.C2N2O4S/c1-2-11-9(10)8-6-4-3-5-7-8;5-1-3-9(7,8)4-2-6/h3-7H,2H2,1H3;. The molecule has 0 aromatic heterocycles. The highest BCUT2D eigenvalue weighted by Gasteiger charge is 2.02. The molecule has 0 N–H and O–H groups in total. The van der Waals surface area contributed by atoms with E-state index < -0.39 is 10.2 Å². The van der Waals surface area contributed by atoms with Gasteiger partial charge in [-0.15, -0.1) is 0 Å². The summed E-state index contributed by atoms with van der Waals surface area (Å²) in [4.78, 5) is 29.5. The number of ether oxygens (including phenoxy) is 1. The molecule has 0 aliphatic carbocycles. The number of carbonyl (C=O) groups is 1. The van der Waals surface area contributed by atoms with Gasteiger partial charge in [-0.1, -0.05) is 27.0 Å². The number of hydrogen-bond donors (Lipinski definition) is 0. The maximum absolute atomic E-state index is 11.0. The Morgan fingerprint density at radius 1 is 1.15 bits per heavy atom. The highest BCUT2D eigenvalue weighted by molar-refractivity contribution is 7.89. The zero-order chi connectivity index (χ0) is 15.4. The normalized spacial score (nSPS) is 9.05. The van der Waals surface area contributed by atoms with Gasteiger partial charge in [-0.05, 0) is 19.1 Å². The van der Waals surface area contributed by atoms with Crippen LogP contribution in [-0.2, 0) is 24.5 Å². The maximum Gasteiger partial charge on any atom is 0.383 e. The minimum Gasteiger partial charge on any atom is -0.462 e. The van der Waals surface area contributed by atoms with Gasteiger partial charge in [-0.2, -0.15) is 8.42 Å². The number of carbonyl (C=O) groups excluding carboxylic acids is 3. The fourth-order valence-electron chi connectivity index (χ4n) is 0.903. The van der Waals surface area contributed by atoms with Gasteiger partial charge < -0.3 is 4.74 Å². The quantitative estimate of drug-likeness (QED) is 0.460. The van der Waals surface area contributed by atoms with Crippen LogP contribution in [0.15, 0.2) is 39.1 Å². The number of nitrogens with zero attached hydrogens (tertiary/aromatic N) is 2. The van der Waals surface area contributed by atoms with Crippen molar-refractivity contribution < 1.29 is 27.5 Å². The molecule has 1 aromatic rings. The fourth-order valence-corrected chi connectivity index (χ4v) is 1.13. The van der Waals surface area contributed by atoms with Crippen LogP contribution in [0, 0.1) is 0 Å². The van der Waals surface area contributed by atoms with Crippen molar-refractivity contribution in [2.24, 2.45) is 8.80 Å². The van der Waals surface area contributed by atoms with Crippen LogP contribution in [-0.4, -0.2) is 33.2 Å². The van der Waals surface area contributed by atoms with Crippen molar-refractivity contribution in [3.63, 3.8) is 0 Å². The first kappa shape index (κ1) is 17.4. The average Bonchev–Trinajstić information content (AvgIpc) is 2.40. The van der Waals surface area contributed by atoms with Crippen molar-refractivity contribution in [1.29, 1.82) is 0 Å². The molecule has 20 heavy (non-hydrogen) atoms. The van der Waals surface area contributed by atoms with E-state index in [1.54, 1.807) is 19.1 Å². The number of rotatable bonds is 4. The van der Waals surface area contributed by atoms with Crippen molar-refractivity contribution in [2.45, 2.75) is 6.92 Å². The first-order chi connectivity index (χ1) is 9.46. The molecule has 9 heteroatoms. The molecule has 0 fully saturated rings. The van der Waals surface area contributed by atoms with Gasteiger partial charge in [0, 0.05) is 0 Å². The Labute approximate surface area is 115 Å². The van der Waals surface area contributed by atoms with E-state index in [0.29, 0.717) is 24.3 Å². The van der Waals surface area contributed by atoms with Crippen LogP contribution in [0.2, 0.25) is 0 Å². The molecular formula is C11H10N2O6S. The van der Waals surface area contributed by atoms with Crippen molar-refractivity contribution in [1.82, 2.24) is 0 Å². The third kappa shape index (κ3) is 7.67. The van der Waals surface area contributed by atoms with Crippen LogP contribution in [0.25, 0.3) is 0 Å². The molecule has 0 heterocycles. The Hall–Kier alpha value is -2.60. The first-order valence-corrected chi connectivity index (χ1v) is 6.52. The van der Waals surface area contributed by atoms with Crippen LogP contribution in [0.5, 0.6) is 0 Å². The van der Waals surface area contributed by atoms with Gasteiger partial charge in [0.1, 0.15) is 0 Å². The number of isocyanates is 2. The summed E-state index contributed by atoms with van der Waals surface area (Å²) in [6.45, 7) is 2.22. The Bertz CT molecular complexity index is 604. The first-order valence-electron chi connectivity index (χ1n) is 5.12. The zero-order valence-electron chi connectivity index (χ0n) is 10.3. The van der Waals surface area contributed by atoms with E-state index in [9.17, 15) is 22.8 Å². The minimum atomic E-state index is -4.28. The second-order valence-corrected chi connectivity index (χ2v) is 4.16. The van der Waals surface area contributed by atoms with E-state index in [-0.39, 0.29) is 5.97 Å². The molecule has 0 unspecified atom stereocenters. The van der Waals surface area contributed by atoms with E-state index in [4.69, 9.17) is 4.74 Å². The highest BCUT2D eigenvalue weighted by atomic mass is 32.2. The second-order valence-electron chi connectivity index (χ2n) is 2.90. The van der Waals surface area contributed by atoms with Gasteiger partial charge in [0.15, 0.2) is 0 Å². The molecule has 0 atom stereocenters. The Morgan fingerprint density at radius 2 is 1.65 bits per heavy atom. The lowest BCUT2D eigenvalue weighted by molar-refractivity contribution is 0.0526. The van der Waals surface area contributed by atoms with Crippen LogP contribution < -0.4 is 0 Å². The number of benzene rings is 1. The Balaban J connectivity index is 0.000000370. The molecule has 0 radical (unpaired) electrons. The molecular weight excluding hydrogens is 288 g/mol. The van der Waals surface area contributed by atoms with Crippen molar-refractivity contribution in [3.8, 4) is 0 Å². The largest absolute Gasteiger partial charge is 0.462 e. The van der Waals surface area contributed by atoms with Gasteiger partial charge in [0.05, 0.1) is 12.2 Å². The predicted molar refractivity (Wildman–Crippen MR) is 67.6 cm³/mol. The lowest BCUT2D eigenvalue weighted by Gasteiger charge is -1.99. The summed E-state index contributed by atoms with van der Waals surface area (Å²) in [5, 5.41) is 0. The summed E-state index contributed by atoms with van der Waals surface area (Å²) in [7, 11) is -4.28. The van der Waals surface area contributed by atoms with Crippen LogP contribution >= 0.6 is 0 Å². The third-order valence-corrected chi connectivity index (χ3v) is 2.20. The van der Waals surface area contributed by atoms with E-state index in [0.717, 1.165) is 0 Å². The second kappa shape index (κ2) is 9.35. The molecule has 0 aliphatic rings. The van der Waals surface area contributed by atoms with Gasteiger partial charge in [0.25, 0.3) is 12.2 Å². The molecule has 0 amide bonds. The molecule has 1 aromatic carbocycles. The molecule has 0 bridgehead atoms. The van der Waals surface area contributed by atoms with E-state index in [1.807, 2.05) is 18.2 Å². The van der Waals surface area contributed by atoms with Crippen LogP contribution in [0.1, 0.15) is 17.3 Å². The SMILES string of the molecule is CCOC(=O)c1ccccc1.O=C=NS(=O)(=O)N=C=O. The Kier molecular flexibility index (Phi) is 8.13. The van der Waals surface area contributed by atoms with Gasteiger partial charge in [-0.3, -0.25) is 0 Å². The minimum absolute atomic E-state index is 0.256. The smallest absolute Gasteiger partial charge is 0.383 e. The summed E-state index contributed by atoms with van der Waals surface area (Å²) < 4.78 is 29.1. The van der Waals surface area contributed by atoms with Crippen molar-refractivity contribution in [2.75, 3.05) is 6.61 Å². The number of esters is 1. The molecule has 0 aliphatic heterocycles. The summed E-state index contributed by atoms with van der Waals surface area (Å²) in [5.41, 5.74) is 0.606. The van der Waals surface area contributed by atoms with Gasteiger partial charge >= 0.3 is 16.2 Å². The van der Waals surface area contributed by atoms with E-state index in [1.165, 1.54) is 0 Å². The lowest BCUT2D eigenvalue weighted by Crippen LogP contribution is -2.03. The summed E-state index contributed by atoms with van der Waals surface area (Å²) in [5.74, 6) is -0.256. The van der Waals surface area contributed by atoms with Crippen molar-refractivity contribution >= 4 is 28.3 Å². The van der Waals surface area contributed by atoms with Gasteiger partial charge in [-0.25, -0.2) is 14.4 Å².